The van der Waals surface area contributed by atoms with Gasteiger partial charge in [0, 0.05) is 32.2 Å². The first kappa shape index (κ1) is 23.2. The summed E-state index contributed by atoms with van der Waals surface area (Å²) in [6, 6.07) is 0. The van der Waals surface area contributed by atoms with Gasteiger partial charge in [-0.3, -0.25) is 9.89 Å². The molecule has 2 atom stereocenters. The zero-order chi connectivity index (χ0) is 18.6. The lowest BCUT2D eigenvalue weighted by Crippen LogP contribution is -2.62. The van der Waals surface area contributed by atoms with Crippen molar-refractivity contribution in [1.82, 2.24) is 20.0 Å². The van der Waals surface area contributed by atoms with Crippen LogP contribution in [0.15, 0.2) is 4.99 Å². The molecular weight excluding hydrogens is 449 g/mol. The number of aliphatic imine (C=N–C) groups is 1. The number of nitrogens with zero attached hydrogens (tertiary/aromatic N) is 4. The van der Waals surface area contributed by atoms with Gasteiger partial charge in [-0.05, 0) is 77.2 Å². The standard InChI is InChI=1S/C21H41N5.HI/c1-18-14-19(2)16-25(15-18)20(22-3)23-17-21(8-12-24(4)13-9-21)26-10-6-5-7-11-26;/h18-19H,5-17H2,1-4H3,(H,22,23);1H. The molecule has 3 aliphatic rings. The maximum Gasteiger partial charge on any atom is 0.193 e. The first-order valence-corrected chi connectivity index (χ1v) is 10.9. The summed E-state index contributed by atoms with van der Waals surface area (Å²) in [5, 5.41) is 3.82. The molecule has 0 aromatic heterocycles. The van der Waals surface area contributed by atoms with Crippen molar-refractivity contribution in [1.29, 1.82) is 0 Å². The molecule has 0 aliphatic carbocycles. The zero-order valence-electron chi connectivity index (χ0n) is 18.0. The van der Waals surface area contributed by atoms with E-state index < -0.39 is 0 Å². The number of hydrogen-bond acceptors (Lipinski definition) is 3. The van der Waals surface area contributed by atoms with Gasteiger partial charge in [0.2, 0.25) is 0 Å². The number of hydrogen-bond donors (Lipinski definition) is 1. The Morgan fingerprint density at radius 1 is 1.00 bits per heavy atom. The van der Waals surface area contributed by atoms with Crippen LogP contribution in [0.2, 0.25) is 0 Å². The second-order valence-electron chi connectivity index (χ2n) is 9.33. The van der Waals surface area contributed by atoms with Crippen molar-refractivity contribution >= 4 is 29.9 Å². The van der Waals surface area contributed by atoms with Crippen molar-refractivity contribution in [3.63, 3.8) is 0 Å². The number of nitrogens with one attached hydrogen (secondary N) is 1. The average molecular weight is 492 g/mol. The Hall–Kier alpha value is -0.0800. The second kappa shape index (κ2) is 10.6. The maximum atomic E-state index is 4.66. The Morgan fingerprint density at radius 3 is 2.15 bits per heavy atom. The molecule has 3 rings (SSSR count). The van der Waals surface area contributed by atoms with E-state index in [0.717, 1.165) is 37.4 Å². The van der Waals surface area contributed by atoms with Crippen molar-refractivity contribution in [2.75, 3.05) is 59.9 Å². The third-order valence-electron chi connectivity index (χ3n) is 6.90. The summed E-state index contributed by atoms with van der Waals surface area (Å²) in [5.74, 6) is 2.65. The molecule has 0 aromatic carbocycles. The van der Waals surface area contributed by atoms with Crippen LogP contribution in [0.3, 0.4) is 0 Å². The maximum absolute atomic E-state index is 4.66. The average Bonchev–Trinajstić information content (AvgIpc) is 2.64. The van der Waals surface area contributed by atoms with Gasteiger partial charge in [0.15, 0.2) is 5.96 Å². The molecule has 5 nitrogen and oxygen atoms in total. The van der Waals surface area contributed by atoms with Gasteiger partial charge in [-0.15, -0.1) is 24.0 Å². The Kier molecular flexibility index (Phi) is 9.13. The van der Waals surface area contributed by atoms with Gasteiger partial charge in [0.1, 0.15) is 0 Å². The molecule has 3 aliphatic heterocycles. The van der Waals surface area contributed by atoms with Gasteiger partial charge in [-0.1, -0.05) is 20.3 Å². The molecule has 0 bridgehead atoms. The Bertz CT molecular complexity index is 459. The zero-order valence-corrected chi connectivity index (χ0v) is 20.4. The van der Waals surface area contributed by atoms with Gasteiger partial charge in [0.05, 0.1) is 0 Å². The van der Waals surface area contributed by atoms with Crippen molar-refractivity contribution < 1.29 is 0 Å². The minimum Gasteiger partial charge on any atom is -0.354 e. The van der Waals surface area contributed by atoms with Crippen molar-refractivity contribution in [2.24, 2.45) is 16.8 Å². The van der Waals surface area contributed by atoms with E-state index in [0.29, 0.717) is 5.54 Å². The van der Waals surface area contributed by atoms with E-state index >= 15 is 0 Å². The van der Waals surface area contributed by atoms with Gasteiger partial charge < -0.3 is 15.1 Å². The number of halogens is 1. The van der Waals surface area contributed by atoms with E-state index in [1.54, 1.807) is 0 Å². The summed E-state index contributed by atoms with van der Waals surface area (Å²) in [6.07, 6.45) is 8.05. The van der Waals surface area contributed by atoms with E-state index in [1.807, 2.05) is 7.05 Å². The van der Waals surface area contributed by atoms with Crippen LogP contribution in [0.25, 0.3) is 0 Å². The molecule has 0 aromatic rings. The summed E-state index contributed by atoms with van der Waals surface area (Å²) >= 11 is 0. The Labute approximate surface area is 184 Å². The van der Waals surface area contributed by atoms with Crippen LogP contribution >= 0.6 is 24.0 Å². The molecule has 0 amide bonds. The summed E-state index contributed by atoms with van der Waals surface area (Å²) in [4.78, 5) is 12.5. The fraction of sp³-hybridized carbons (Fsp3) is 0.952. The molecule has 3 fully saturated rings. The number of rotatable bonds is 3. The highest BCUT2D eigenvalue weighted by atomic mass is 127. The molecule has 2 unspecified atom stereocenters. The van der Waals surface area contributed by atoms with Gasteiger partial charge >= 0.3 is 0 Å². The summed E-state index contributed by atoms with van der Waals surface area (Å²) < 4.78 is 0. The predicted octanol–water partition coefficient (Wildman–Crippen LogP) is 3.11. The topological polar surface area (TPSA) is 34.1 Å². The third kappa shape index (κ3) is 5.95. The molecule has 0 saturated carbocycles. The highest BCUT2D eigenvalue weighted by molar-refractivity contribution is 14.0. The number of piperidine rings is 3. The van der Waals surface area contributed by atoms with Gasteiger partial charge in [-0.25, -0.2) is 0 Å². The van der Waals surface area contributed by atoms with E-state index in [9.17, 15) is 0 Å². The first-order valence-electron chi connectivity index (χ1n) is 10.9. The van der Waals surface area contributed by atoms with Crippen LogP contribution in [0.4, 0.5) is 0 Å². The summed E-state index contributed by atoms with van der Waals surface area (Å²) in [5.41, 5.74) is 0.315. The first-order chi connectivity index (χ1) is 12.5. The van der Waals surface area contributed by atoms with Crippen LogP contribution in [0.5, 0.6) is 0 Å². The molecule has 3 heterocycles. The Morgan fingerprint density at radius 2 is 1.59 bits per heavy atom. The normalized spacial score (nSPS) is 30.7. The van der Waals surface area contributed by atoms with Crippen LogP contribution in [0.1, 0.15) is 52.4 Å². The lowest BCUT2D eigenvalue weighted by atomic mass is 9.84. The van der Waals surface area contributed by atoms with E-state index in [2.05, 4.69) is 45.9 Å². The fourth-order valence-corrected chi connectivity index (χ4v) is 5.42. The monoisotopic (exact) mass is 491 g/mol. The lowest BCUT2D eigenvalue weighted by molar-refractivity contribution is 0.0167. The highest BCUT2D eigenvalue weighted by Gasteiger charge is 2.40. The molecule has 0 radical (unpaired) electrons. The highest BCUT2D eigenvalue weighted by Crippen LogP contribution is 2.31. The van der Waals surface area contributed by atoms with Crippen LogP contribution in [0, 0.1) is 11.8 Å². The third-order valence-corrected chi connectivity index (χ3v) is 6.90. The quantitative estimate of drug-likeness (QED) is 0.374. The minimum atomic E-state index is 0. The molecule has 27 heavy (non-hydrogen) atoms. The van der Waals surface area contributed by atoms with Gasteiger partial charge in [-0.2, -0.15) is 0 Å². The van der Waals surface area contributed by atoms with Crippen molar-refractivity contribution in [2.45, 2.75) is 57.9 Å². The van der Waals surface area contributed by atoms with Crippen LogP contribution in [-0.4, -0.2) is 86.1 Å². The van der Waals surface area contributed by atoms with E-state index in [4.69, 9.17) is 0 Å². The summed E-state index contributed by atoms with van der Waals surface area (Å²) in [6.45, 7) is 13.1. The molecule has 6 heteroatoms. The molecular formula is C21H42IN5. The Balaban J connectivity index is 0.00000261. The largest absolute Gasteiger partial charge is 0.354 e. The summed E-state index contributed by atoms with van der Waals surface area (Å²) in [7, 11) is 4.22. The second-order valence-corrected chi connectivity index (χ2v) is 9.33. The molecule has 3 saturated heterocycles. The lowest BCUT2D eigenvalue weighted by Gasteiger charge is -2.50. The van der Waals surface area contributed by atoms with Crippen LogP contribution < -0.4 is 5.32 Å². The van der Waals surface area contributed by atoms with E-state index in [1.165, 1.54) is 64.7 Å². The SMILES string of the molecule is CN=C(NCC1(N2CCCCC2)CCN(C)CC1)N1CC(C)CC(C)C1.I. The molecule has 158 valence electrons. The fourth-order valence-electron chi connectivity index (χ4n) is 5.42. The van der Waals surface area contributed by atoms with Crippen LogP contribution in [-0.2, 0) is 0 Å². The molecule has 0 spiro atoms. The van der Waals surface area contributed by atoms with Crippen molar-refractivity contribution in [3.05, 3.63) is 0 Å². The molecule has 1 N–H and O–H groups in total. The minimum absolute atomic E-state index is 0. The smallest absolute Gasteiger partial charge is 0.193 e. The van der Waals surface area contributed by atoms with Crippen molar-refractivity contribution in [3.8, 4) is 0 Å². The predicted molar refractivity (Wildman–Crippen MR) is 126 cm³/mol. The van der Waals surface area contributed by atoms with E-state index in [-0.39, 0.29) is 24.0 Å². The number of likely N-dealkylation sites (tertiary alicyclic amines) is 3. The number of guanidine groups is 1. The van der Waals surface area contributed by atoms with Gasteiger partial charge in [0.25, 0.3) is 0 Å².